The van der Waals surface area contributed by atoms with Gasteiger partial charge < -0.3 is 10.6 Å². The average molecular weight is 340 g/mol. The quantitative estimate of drug-likeness (QED) is 0.910. The fourth-order valence-corrected chi connectivity index (χ4v) is 3.65. The normalized spacial score (nSPS) is 15.7. The molecule has 1 aliphatic rings. The molecule has 2 aromatic heterocycles. The maximum absolute atomic E-state index is 5.82. The van der Waals surface area contributed by atoms with E-state index in [4.69, 9.17) is 5.73 Å². The van der Waals surface area contributed by atoms with E-state index in [1.54, 1.807) is 11.3 Å². The molecule has 0 aliphatic carbocycles. The first-order chi connectivity index (χ1) is 9.24. The zero-order valence-electron chi connectivity index (χ0n) is 10.3. The van der Waals surface area contributed by atoms with Crippen LogP contribution >= 0.6 is 27.3 Å². The van der Waals surface area contributed by atoms with E-state index in [0.717, 1.165) is 22.4 Å². The topological polar surface area (TPSA) is 67.9 Å². The van der Waals surface area contributed by atoms with E-state index in [1.165, 1.54) is 19.3 Å². The summed E-state index contributed by atoms with van der Waals surface area (Å²) < 4.78 is 0.993. The highest BCUT2D eigenvalue weighted by Crippen LogP contribution is 2.32. The van der Waals surface area contributed by atoms with Gasteiger partial charge in [-0.1, -0.05) is 0 Å². The van der Waals surface area contributed by atoms with Crippen molar-refractivity contribution in [1.29, 1.82) is 0 Å². The summed E-state index contributed by atoms with van der Waals surface area (Å²) in [6, 6.07) is 1.99. The number of thiophene rings is 1. The Labute approximate surface area is 124 Å². The summed E-state index contributed by atoms with van der Waals surface area (Å²) in [5, 5.41) is 2.00. The van der Waals surface area contributed by atoms with Crippen LogP contribution < -0.4 is 10.6 Å². The lowest BCUT2D eigenvalue weighted by molar-refractivity contribution is 0.568. The number of nitrogens with two attached hydrogens (primary N) is 1. The van der Waals surface area contributed by atoms with Gasteiger partial charge in [-0.25, -0.2) is 0 Å². The molecule has 0 saturated carbocycles. The maximum Gasteiger partial charge on any atom is 0.230 e. The Bertz CT molecular complexity index is 579. The van der Waals surface area contributed by atoms with Crippen LogP contribution in [0.2, 0.25) is 0 Å². The molecule has 1 saturated heterocycles. The van der Waals surface area contributed by atoms with Crippen LogP contribution in [0.1, 0.15) is 19.3 Å². The molecule has 0 aromatic carbocycles. The summed E-state index contributed by atoms with van der Waals surface area (Å²) in [4.78, 5) is 16.3. The van der Waals surface area contributed by atoms with Crippen LogP contribution in [0.15, 0.2) is 15.9 Å². The molecule has 0 unspecified atom stereocenters. The van der Waals surface area contributed by atoms with Crippen LogP contribution in [-0.2, 0) is 0 Å². The Morgan fingerprint density at radius 3 is 2.63 bits per heavy atom. The van der Waals surface area contributed by atoms with Gasteiger partial charge in [0.1, 0.15) is 0 Å². The summed E-state index contributed by atoms with van der Waals surface area (Å²) >= 11 is 5.10. The fourth-order valence-electron chi connectivity index (χ4n) is 2.17. The number of rotatable bonds is 2. The van der Waals surface area contributed by atoms with Gasteiger partial charge in [0.25, 0.3) is 0 Å². The molecule has 2 N–H and O–H groups in total. The van der Waals surface area contributed by atoms with Crippen molar-refractivity contribution < 1.29 is 0 Å². The molecular formula is C12H14BrN5S. The maximum atomic E-state index is 5.82. The number of piperidine rings is 1. The van der Waals surface area contributed by atoms with Crippen molar-refractivity contribution >= 4 is 39.2 Å². The van der Waals surface area contributed by atoms with Gasteiger partial charge >= 0.3 is 0 Å². The largest absolute Gasteiger partial charge is 0.368 e. The third kappa shape index (κ3) is 2.71. The van der Waals surface area contributed by atoms with Gasteiger partial charge in [-0.3, -0.25) is 0 Å². The molecular weight excluding hydrogens is 326 g/mol. The second kappa shape index (κ2) is 5.42. The third-order valence-corrected chi connectivity index (χ3v) is 4.93. The van der Waals surface area contributed by atoms with Crippen molar-refractivity contribution in [2.24, 2.45) is 0 Å². The van der Waals surface area contributed by atoms with E-state index in [0.29, 0.717) is 11.8 Å². The first-order valence-electron chi connectivity index (χ1n) is 6.24. The fraction of sp³-hybridized carbons (Fsp3) is 0.417. The van der Waals surface area contributed by atoms with Gasteiger partial charge in [0.15, 0.2) is 5.82 Å². The van der Waals surface area contributed by atoms with Crippen LogP contribution in [0.3, 0.4) is 0 Å². The summed E-state index contributed by atoms with van der Waals surface area (Å²) in [7, 11) is 0. The first-order valence-corrected chi connectivity index (χ1v) is 7.91. The van der Waals surface area contributed by atoms with Gasteiger partial charge in [0.05, 0.1) is 4.88 Å². The molecule has 3 heterocycles. The Hall–Kier alpha value is -1.21. The Balaban J connectivity index is 1.98. The van der Waals surface area contributed by atoms with Crippen molar-refractivity contribution in [3.8, 4) is 10.7 Å². The minimum atomic E-state index is 0.283. The van der Waals surface area contributed by atoms with Crippen LogP contribution in [0.4, 0.5) is 11.9 Å². The number of anilines is 2. The smallest absolute Gasteiger partial charge is 0.230 e. The zero-order valence-corrected chi connectivity index (χ0v) is 12.7. The third-order valence-electron chi connectivity index (χ3n) is 3.10. The lowest BCUT2D eigenvalue weighted by Crippen LogP contribution is -2.31. The van der Waals surface area contributed by atoms with Crippen LogP contribution in [0.5, 0.6) is 0 Å². The molecule has 0 bridgehead atoms. The van der Waals surface area contributed by atoms with Crippen LogP contribution in [0.25, 0.3) is 10.7 Å². The summed E-state index contributed by atoms with van der Waals surface area (Å²) in [5.41, 5.74) is 5.82. The van der Waals surface area contributed by atoms with Crippen molar-refractivity contribution in [3.05, 3.63) is 15.9 Å². The molecule has 100 valence electrons. The molecule has 1 fully saturated rings. The number of hydrogen-bond acceptors (Lipinski definition) is 6. The zero-order chi connectivity index (χ0) is 13.2. The van der Waals surface area contributed by atoms with Crippen molar-refractivity contribution in [1.82, 2.24) is 15.0 Å². The van der Waals surface area contributed by atoms with Gasteiger partial charge in [-0.15, -0.1) is 11.3 Å². The highest BCUT2D eigenvalue weighted by Gasteiger charge is 2.17. The van der Waals surface area contributed by atoms with Crippen LogP contribution in [0, 0.1) is 0 Å². The SMILES string of the molecule is Nc1nc(-c2sccc2Br)nc(N2CCCCC2)n1. The molecule has 0 amide bonds. The monoisotopic (exact) mass is 339 g/mol. The molecule has 19 heavy (non-hydrogen) atoms. The minimum absolute atomic E-state index is 0.283. The predicted octanol–water partition coefficient (Wildman–Crippen LogP) is 2.94. The molecule has 3 rings (SSSR count). The van der Waals surface area contributed by atoms with Gasteiger partial charge in [0.2, 0.25) is 11.9 Å². The molecule has 1 aliphatic heterocycles. The molecule has 0 spiro atoms. The van der Waals surface area contributed by atoms with E-state index in [1.807, 2.05) is 11.4 Å². The Morgan fingerprint density at radius 2 is 1.95 bits per heavy atom. The minimum Gasteiger partial charge on any atom is -0.368 e. The number of hydrogen-bond donors (Lipinski definition) is 1. The molecule has 2 aromatic rings. The van der Waals surface area contributed by atoms with Gasteiger partial charge in [-0.05, 0) is 46.6 Å². The lowest BCUT2D eigenvalue weighted by Gasteiger charge is -2.26. The number of halogens is 1. The van der Waals surface area contributed by atoms with Gasteiger partial charge in [-0.2, -0.15) is 15.0 Å². The standard InChI is InChI=1S/C12H14BrN5S/c13-8-4-7-19-9(8)10-15-11(14)17-12(16-10)18-5-2-1-3-6-18/h4,7H,1-3,5-6H2,(H2,14,15,16,17). The van der Waals surface area contributed by atoms with E-state index in [9.17, 15) is 0 Å². The van der Waals surface area contributed by atoms with E-state index < -0.39 is 0 Å². The average Bonchev–Trinajstić information content (AvgIpc) is 2.85. The predicted molar refractivity (Wildman–Crippen MR) is 81.3 cm³/mol. The van der Waals surface area contributed by atoms with Crippen LogP contribution in [-0.4, -0.2) is 28.0 Å². The summed E-state index contributed by atoms with van der Waals surface area (Å²) in [5.74, 6) is 1.63. The van der Waals surface area contributed by atoms with E-state index in [2.05, 4.69) is 35.8 Å². The second-order valence-corrected chi connectivity index (χ2v) is 6.23. The first kappa shape index (κ1) is 12.8. The molecule has 0 atom stereocenters. The van der Waals surface area contributed by atoms with Gasteiger partial charge in [0, 0.05) is 17.6 Å². The van der Waals surface area contributed by atoms with Crippen molar-refractivity contribution in [2.75, 3.05) is 23.7 Å². The van der Waals surface area contributed by atoms with E-state index in [-0.39, 0.29) is 5.95 Å². The number of nitrogens with zero attached hydrogens (tertiary/aromatic N) is 4. The Morgan fingerprint density at radius 1 is 1.16 bits per heavy atom. The van der Waals surface area contributed by atoms with Crippen molar-refractivity contribution in [2.45, 2.75) is 19.3 Å². The Kier molecular flexibility index (Phi) is 3.65. The highest BCUT2D eigenvalue weighted by molar-refractivity contribution is 9.10. The highest BCUT2D eigenvalue weighted by atomic mass is 79.9. The number of aromatic nitrogens is 3. The summed E-state index contributed by atoms with van der Waals surface area (Å²) in [6.45, 7) is 1.99. The molecule has 0 radical (unpaired) electrons. The second-order valence-electron chi connectivity index (χ2n) is 4.46. The molecule has 7 heteroatoms. The van der Waals surface area contributed by atoms with Crippen molar-refractivity contribution in [3.63, 3.8) is 0 Å². The van der Waals surface area contributed by atoms with E-state index >= 15 is 0 Å². The lowest BCUT2D eigenvalue weighted by atomic mass is 10.1. The number of nitrogen functional groups attached to an aromatic ring is 1. The molecule has 5 nitrogen and oxygen atoms in total. The summed E-state index contributed by atoms with van der Waals surface area (Å²) in [6.07, 6.45) is 3.65.